The number of benzene rings is 1. The summed E-state index contributed by atoms with van der Waals surface area (Å²) in [6.07, 6.45) is 5.68. The van der Waals surface area contributed by atoms with Crippen molar-refractivity contribution in [2.24, 2.45) is 4.99 Å². The van der Waals surface area contributed by atoms with Crippen LogP contribution < -0.4 is 0 Å². The third-order valence-corrected chi connectivity index (χ3v) is 4.88. The van der Waals surface area contributed by atoms with Crippen molar-refractivity contribution in [3.8, 4) is 0 Å². The first-order valence-corrected chi connectivity index (χ1v) is 8.26. The van der Waals surface area contributed by atoms with E-state index in [1.54, 1.807) is 0 Å². The van der Waals surface area contributed by atoms with E-state index >= 15 is 0 Å². The molecule has 1 aliphatic heterocycles. The van der Waals surface area contributed by atoms with Crippen molar-refractivity contribution in [2.45, 2.75) is 24.2 Å². The van der Waals surface area contributed by atoms with E-state index in [-0.39, 0.29) is 0 Å². The first kappa shape index (κ1) is 13.6. The summed E-state index contributed by atoms with van der Waals surface area (Å²) in [6.45, 7) is 2.12. The van der Waals surface area contributed by atoms with E-state index in [2.05, 4.69) is 47.4 Å². The van der Waals surface area contributed by atoms with Crippen molar-refractivity contribution in [1.82, 2.24) is 9.88 Å². The molecule has 0 radical (unpaired) electrons. The number of hydrogen-bond donors (Lipinski definition) is 1. The number of hydrogen-bond acceptors (Lipinski definition) is 2. The lowest BCUT2D eigenvalue weighted by Gasteiger charge is -2.10. The van der Waals surface area contributed by atoms with Gasteiger partial charge in [0.05, 0.1) is 5.84 Å². The molecule has 2 heterocycles. The van der Waals surface area contributed by atoms with E-state index in [1.165, 1.54) is 34.6 Å². The molecule has 1 aliphatic rings. The molecule has 0 unspecified atom stereocenters. The van der Waals surface area contributed by atoms with Gasteiger partial charge >= 0.3 is 0 Å². The van der Waals surface area contributed by atoms with Crippen LogP contribution in [0.25, 0.3) is 10.9 Å². The topological polar surface area (TPSA) is 31.4 Å². The molecule has 0 atom stereocenters. The van der Waals surface area contributed by atoms with E-state index < -0.39 is 0 Å². The van der Waals surface area contributed by atoms with Gasteiger partial charge < -0.3 is 9.88 Å². The molecule has 1 fully saturated rings. The predicted molar refractivity (Wildman–Crippen MR) is 87.8 cm³/mol. The minimum absolute atomic E-state index is 0.953. The molecule has 0 saturated carbocycles. The maximum Gasteiger partial charge on any atom is 0.0986 e. The number of aromatic amines is 1. The highest BCUT2D eigenvalue weighted by molar-refractivity contribution is 7.99. The highest BCUT2D eigenvalue weighted by Gasteiger charge is 2.12. The summed E-state index contributed by atoms with van der Waals surface area (Å²) >= 11 is 1.93. The van der Waals surface area contributed by atoms with Gasteiger partial charge in [-0.2, -0.15) is 0 Å². The maximum atomic E-state index is 4.71. The smallest absolute Gasteiger partial charge is 0.0986 e. The van der Waals surface area contributed by atoms with Gasteiger partial charge in [-0.3, -0.25) is 4.99 Å². The molecular weight excluding hydrogens is 266 g/mol. The van der Waals surface area contributed by atoms with Gasteiger partial charge in [-0.25, -0.2) is 0 Å². The number of aliphatic imine (C=N–C) groups is 1. The molecule has 1 N–H and O–H groups in total. The van der Waals surface area contributed by atoms with Gasteiger partial charge in [0.1, 0.15) is 0 Å². The van der Waals surface area contributed by atoms with Crippen molar-refractivity contribution < 1.29 is 0 Å². The number of amidine groups is 1. The monoisotopic (exact) mass is 287 g/mol. The third-order valence-electron chi connectivity index (χ3n) is 3.74. The molecule has 1 aromatic carbocycles. The Kier molecular flexibility index (Phi) is 4.31. The van der Waals surface area contributed by atoms with Crippen LogP contribution in [0.15, 0.2) is 40.4 Å². The Balaban J connectivity index is 1.48. The lowest BCUT2D eigenvalue weighted by atomic mass is 10.2. The van der Waals surface area contributed by atoms with Crippen molar-refractivity contribution in [2.75, 3.05) is 25.9 Å². The predicted octanol–water partition coefficient (Wildman–Crippen LogP) is 3.77. The highest BCUT2D eigenvalue weighted by Crippen LogP contribution is 2.27. The average molecular weight is 287 g/mol. The lowest BCUT2D eigenvalue weighted by Crippen LogP contribution is -2.19. The molecule has 3 rings (SSSR count). The summed E-state index contributed by atoms with van der Waals surface area (Å²) in [5, 5.41) is 1.33. The SMILES string of the molecule is CN1CCC/C1=N\CCCSc1c[nH]c2ccccc12. The Morgan fingerprint density at radius 2 is 2.25 bits per heavy atom. The first-order valence-electron chi connectivity index (χ1n) is 7.28. The number of nitrogens with one attached hydrogen (secondary N) is 1. The van der Waals surface area contributed by atoms with E-state index in [9.17, 15) is 0 Å². The minimum atomic E-state index is 0.953. The van der Waals surface area contributed by atoms with Gasteiger partial charge in [-0.1, -0.05) is 18.2 Å². The van der Waals surface area contributed by atoms with Crippen LogP contribution in [-0.4, -0.2) is 41.6 Å². The summed E-state index contributed by atoms with van der Waals surface area (Å²) in [6, 6.07) is 8.48. The molecule has 20 heavy (non-hydrogen) atoms. The van der Waals surface area contributed by atoms with E-state index in [0.717, 1.165) is 25.1 Å². The van der Waals surface area contributed by atoms with Crippen LogP contribution in [0, 0.1) is 0 Å². The molecule has 4 heteroatoms. The summed E-state index contributed by atoms with van der Waals surface area (Å²) in [5.74, 6) is 2.42. The molecule has 106 valence electrons. The molecule has 3 nitrogen and oxygen atoms in total. The largest absolute Gasteiger partial charge is 0.363 e. The van der Waals surface area contributed by atoms with E-state index in [4.69, 9.17) is 4.99 Å². The van der Waals surface area contributed by atoms with Crippen LogP contribution in [0.3, 0.4) is 0 Å². The summed E-state index contributed by atoms with van der Waals surface area (Å²) < 4.78 is 0. The zero-order valence-corrected chi connectivity index (χ0v) is 12.7. The Labute approximate surface area is 124 Å². The molecule has 0 aliphatic carbocycles. The fourth-order valence-corrected chi connectivity index (χ4v) is 3.58. The van der Waals surface area contributed by atoms with Crippen LogP contribution in [0.1, 0.15) is 19.3 Å². The fraction of sp³-hybridized carbons (Fsp3) is 0.438. The van der Waals surface area contributed by atoms with Gasteiger partial charge in [-0.15, -0.1) is 11.8 Å². The summed E-state index contributed by atoms with van der Waals surface area (Å²) in [4.78, 5) is 11.7. The standard InChI is InChI=1S/C16H21N3S/c1-19-10-4-8-16(19)17-9-5-11-20-15-12-18-14-7-3-2-6-13(14)15/h2-3,6-7,12,18H,4-5,8-11H2,1H3/b17-16+. The van der Waals surface area contributed by atoms with Gasteiger partial charge in [0.25, 0.3) is 0 Å². The highest BCUT2D eigenvalue weighted by atomic mass is 32.2. The van der Waals surface area contributed by atoms with Crippen LogP contribution in [0.5, 0.6) is 0 Å². The maximum absolute atomic E-state index is 4.71. The normalized spacial score (nSPS) is 17.4. The van der Waals surface area contributed by atoms with Crippen molar-refractivity contribution in [1.29, 1.82) is 0 Å². The number of fused-ring (bicyclic) bond motifs is 1. The Bertz CT molecular complexity index is 603. The summed E-state index contributed by atoms with van der Waals surface area (Å²) in [5.41, 5.74) is 1.22. The van der Waals surface area contributed by atoms with Crippen molar-refractivity contribution >= 4 is 28.5 Å². The Morgan fingerprint density at radius 1 is 1.35 bits per heavy atom. The average Bonchev–Trinajstić information content (AvgIpc) is 3.06. The molecule has 0 spiro atoms. The van der Waals surface area contributed by atoms with Gasteiger partial charge in [0.2, 0.25) is 0 Å². The Morgan fingerprint density at radius 3 is 3.10 bits per heavy atom. The van der Waals surface area contributed by atoms with Crippen molar-refractivity contribution in [3.63, 3.8) is 0 Å². The third kappa shape index (κ3) is 3.01. The van der Waals surface area contributed by atoms with E-state index in [0.29, 0.717) is 0 Å². The minimum Gasteiger partial charge on any atom is -0.363 e. The number of likely N-dealkylation sites (tertiary alicyclic amines) is 1. The zero-order valence-electron chi connectivity index (χ0n) is 11.9. The lowest BCUT2D eigenvalue weighted by molar-refractivity contribution is 0.547. The Hall–Kier alpha value is -1.42. The quantitative estimate of drug-likeness (QED) is 0.670. The second-order valence-electron chi connectivity index (χ2n) is 5.22. The molecule has 0 amide bonds. The number of para-hydroxylation sites is 1. The van der Waals surface area contributed by atoms with Crippen LogP contribution in [0.4, 0.5) is 0 Å². The second kappa shape index (κ2) is 6.35. The second-order valence-corrected chi connectivity index (χ2v) is 6.36. The molecule has 1 saturated heterocycles. The number of nitrogens with zero attached hydrogens (tertiary/aromatic N) is 2. The van der Waals surface area contributed by atoms with Gasteiger partial charge in [0.15, 0.2) is 0 Å². The van der Waals surface area contributed by atoms with Gasteiger partial charge in [-0.05, 0) is 24.7 Å². The first-order chi connectivity index (χ1) is 9.84. The van der Waals surface area contributed by atoms with Crippen LogP contribution in [-0.2, 0) is 0 Å². The number of rotatable bonds is 5. The fourth-order valence-electron chi connectivity index (χ4n) is 2.61. The molecule has 2 aromatic rings. The van der Waals surface area contributed by atoms with Crippen LogP contribution >= 0.6 is 11.8 Å². The molecular formula is C16H21N3S. The summed E-state index contributed by atoms with van der Waals surface area (Å²) in [7, 11) is 2.15. The number of thioether (sulfide) groups is 1. The number of H-pyrrole nitrogens is 1. The zero-order chi connectivity index (χ0) is 13.8. The van der Waals surface area contributed by atoms with Gasteiger partial charge in [0, 0.05) is 48.6 Å². The van der Waals surface area contributed by atoms with E-state index in [1.807, 2.05) is 11.8 Å². The number of aromatic nitrogens is 1. The van der Waals surface area contributed by atoms with Crippen molar-refractivity contribution in [3.05, 3.63) is 30.5 Å². The molecule has 0 bridgehead atoms. The molecule has 1 aromatic heterocycles. The van der Waals surface area contributed by atoms with Crippen LogP contribution in [0.2, 0.25) is 0 Å².